The van der Waals surface area contributed by atoms with Crippen LogP contribution in [0.4, 0.5) is 17.5 Å². The molecule has 4 amide bonds. The zero-order valence-electron chi connectivity index (χ0n) is 45.0. The first kappa shape index (κ1) is 59.4. The van der Waals surface area contributed by atoms with Gasteiger partial charge in [-0.2, -0.15) is 4.98 Å². The molecule has 3 aromatic heterocycles. The zero-order chi connectivity index (χ0) is 55.8. The largest absolute Gasteiger partial charge is 0.478 e. The Balaban J connectivity index is 0.715. The van der Waals surface area contributed by atoms with Crippen LogP contribution in [0, 0.1) is 12.3 Å². The lowest BCUT2D eigenvalue weighted by Crippen LogP contribution is -2.58. The number of likely N-dealkylation sites (N-methyl/N-ethyl adjacent to an activating group) is 1. The molecule has 0 unspecified atom stereocenters. The van der Waals surface area contributed by atoms with Crippen LogP contribution in [0.1, 0.15) is 51.3 Å². The van der Waals surface area contributed by atoms with E-state index >= 15 is 0 Å². The lowest BCUT2D eigenvalue weighted by Gasteiger charge is -2.35. The van der Waals surface area contributed by atoms with E-state index < -0.39 is 35.4 Å². The summed E-state index contributed by atoms with van der Waals surface area (Å²) in [5.41, 5.74) is 5.00. The number of halogens is 1. The summed E-state index contributed by atoms with van der Waals surface area (Å²) in [6.45, 7) is 11.2. The predicted molar refractivity (Wildman–Crippen MR) is 295 cm³/mol. The van der Waals surface area contributed by atoms with Crippen molar-refractivity contribution in [2.24, 2.45) is 12.5 Å². The number of aryl methyl sites for hydroxylation is 2. The summed E-state index contributed by atoms with van der Waals surface area (Å²) >= 11 is 8.09. The minimum absolute atomic E-state index is 0.0242. The molecule has 3 atom stereocenters. The van der Waals surface area contributed by atoms with Gasteiger partial charge in [-0.25, -0.2) is 9.97 Å². The van der Waals surface area contributed by atoms with E-state index in [9.17, 15) is 29.1 Å². The molecule has 0 spiro atoms. The van der Waals surface area contributed by atoms with Crippen LogP contribution in [0.15, 0.2) is 65.0 Å². The summed E-state index contributed by atoms with van der Waals surface area (Å²) in [7, 11) is 3.14. The van der Waals surface area contributed by atoms with E-state index in [0.29, 0.717) is 86.1 Å². The standard InChI is InChI=1S/C54H71ClN10O12S/c1-34-47(78-33-59-34)36-9-7-35(8-10-36)28-57-50(69)43-27-39(66)30-65(43)52(71)48(54(2,3)4)61-46(68)31-75-22-21-73-18-17-72-19-20-74-23-24-76-40-13-15-64(16-14-40)53-58-29-41(55)49(62-53)60-38-11-12-42-37(25-38)26-44(51(70)63(42)6)77-32-45(67)56-5/h7-12,25-26,29,33,39-40,43,48,66H,13-24,27-28,30-32H2,1-6H3,(H,56,67)(H,57,69)(H,61,68)(H,58,60,62)/t39-,43+,48-/m1/s1. The Morgan fingerprint density at radius 2 is 1.56 bits per heavy atom. The number of pyridine rings is 1. The van der Waals surface area contributed by atoms with E-state index in [-0.39, 0.29) is 75.2 Å². The minimum atomic E-state index is -0.974. The molecule has 2 aromatic carbocycles. The number of carbonyl (C=O) groups excluding carboxylic acids is 4. The number of nitrogens with one attached hydrogen (secondary N) is 4. The molecule has 0 aliphatic carbocycles. The second-order valence-electron chi connectivity index (χ2n) is 20.0. The average Bonchev–Trinajstić information content (AvgIpc) is 4.08. The van der Waals surface area contributed by atoms with Crippen LogP contribution >= 0.6 is 22.9 Å². The normalized spacial score (nSPS) is 16.3. The molecule has 5 heterocycles. The van der Waals surface area contributed by atoms with Crippen LogP contribution in [-0.2, 0) is 56.5 Å². The van der Waals surface area contributed by atoms with Crippen LogP contribution in [-0.4, -0.2) is 170 Å². The van der Waals surface area contributed by atoms with Crippen molar-refractivity contribution in [1.29, 1.82) is 0 Å². The summed E-state index contributed by atoms with van der Waals surface area (Å²) < 4.78 is 35.5. The maximum Gasteiger partial charge on any atom is 0.293 e. The molecule has 0 bridgehead atoms. The summed E-state index contributed by atoms with van der Waals surface area (Å²) in [6, 6.07) is 13.1. The molecule has 2 fully saturated rings. The molecular formula is C54H71ClN10O12S. The molecule has 24 heteroatoms. The highest BCUT2D eigenvalue weighted by molar-refractivity contribution is 7.13. The number of piperidine rings is 1. The molecule has 22 nitrogen and oxygen atoms in total. The number of β-amino-alcohol motifs (C(OH)–C–C–N with tert-alkyl or cyclic N) is 1. The summed E-state index contributed by atoms with van der Waals surface area (Å²) in [5, 5.41) is 23.1. The topological polar surface area (TPSA) is 259 Å². The van der Waals surface area contributed by atoms with E-state index in [1.807, 2.05) is 75.7 Å². The quantitative estimate of drug-likeness (QED) is 0.0463. The van der Waals surface area contributed by atoms with Gasteiger partial charge in [-0.3, -0.25) is 24.0 Å². The van der Waals surface area contributed by atoms with Gasteiger partial charge in [-0.05, 0) is 60.6 Å². The second-order valence-corrected chi connectivity index (χ2v) is 21.3. The van der Waals surface area contributed by atoms with Crippen LogP contribution < -0.4 is 36.5 Å². The third-order valence-electron chi connectivity index (χ3n) is 13.2. The van der Waals surface area contributed by atoms with Gasteiger partial charge >= 0.3 is 0 Å². The Labute approximate surface area is 462 Å². The van der Waals surface area contributed by atoms with E-state index in [2.05, 4.69) is 36.1 Å². The third kappa shape index (κ3) is 16.6. The number of fused-ring (bicyclic) bond motifs is 1. The van der Waals surface area contributed by atoms with Crippen molar-refractivity contribution in [3.63, 3.8) is 0 Å². The number of likely N-dealkylation sites (tertiary alicyclic amines) is 1. The molecule has 2 saturated heterocycles. The van der Waals surface area contributed by atoms with Gasteiger partial charge in [0.25, 0.3) is 11.5 Å². The van der Waals surface area contributed by atoms with E-state index in [1.54, 1.807) is 30.6 Å². The average molecular weight is 1120 g/mol. The van der Waals surface area contributed by atoms with Gasteiger partial charge in [0.05, 0.1) is 92.9 Å². The first-order valence-corrected chi connectivity index (χ1v) is 27.2. The van der Waals surface area contributed by atoms with Crippen molar-refractivity contribution in [2.75, 3.05) is 103 Å². The van der Waals surface area contributed by atoms with E-state index in [0.717, 1.165) is 34.5 Å². The highest BCUT2D eigenvalue weighted by Gasteiger charge is 2.44. The number of hydrogen-bond donors (Lipinski definition) is 5. The smallest absolute Gasteiger partial charge is 0.293 e. The summed E-state index contributed by atoms with van der Waals surface area (Å²) in [4.78, 5) is 82.9. The Morgan fingerprint density at radius 1 is 0.885 bits per heavy atom. The van der Waals surface area contributed by atoms with Crippen LogP contribution in [0.3, 0.4) is 0 Å². The Morgan fingerprint density at radius 3 is 2.22 bits per heavy atom. The lowest BCUT2D eigenvalue weighted by molar-refractivity contribution is -0.144. The number of aromatic nitrogens is 4. The fourth-order valence-electron chi connectivity index (χ4n) is 8.89. The maximum atomic E-state index is 14.0. The number of ether oxygens (including phenoxy) is 6. The van der Waals surface area contributed by atoms with E-state index in [1.165, 1.54) is 16.5 Å². The molecule has 7 rings (SSSR count). The van der Waals surface area contributed by atoms with Gasteiger partial charge in [-0.15, -0.1) is 11.3 Å². The maximum absolute atomic E-state index is 14.0. The van der Waals surface area contributed by atoms with Gasteiger partial charge in [0.1, 0.15) is 23.7 Å². The molecule has 0 radical (unpaired) electrons. The summed E-state index contributed by atoms with van der Waals surface area (Å²) in [6.07, 6.45) is 2.40. The number of nitrogens with zero attached hydrogens (tertiary/aromatic N) is 6. The highest BCUT2D eigenvalue weighted by atomic mass is 35.5. The Hall–Kier alpha value is -6.31. The lowest BCUT2D eigenvalue weighted by atomic mass is 9.85. The fraction of sp³-hybridized carbons (Fsp3) is 0.519. The van der Waals surface area contributed by atoms with Gasteiger partial charge in [-0.1, -0.05) is 56.6 Å². The number of anilines is 3. The molecule has 78 heavy (non-hydrogen) atoms. The molecule has 2 aliphatic heterocycles. The molecule has 5 aromatic rings. The minimum Gasteiger partial charge on any atom is -0.478 e. The molecule has 0 saturated carbocycles. The number of thiazole rings is 1. The monoisotopic (exact) mass is 1120 g/mol. The zero-order valence-corrected chi connectivity index (χ0v) is 46.6. The van der Waals surface area contributed by atoms with E-state index in [4.69, 9.17) is 45.0 Å². The predicted octanol–water partition coefficient (Wildman–Crippen LogP) is 4.14. The Bertz CT molecular complexity index is 2880. The van der Waals surface area contributed by atoms with Crippen molar-refractivity contribution >= 4 is 74.9 Å². The number of aliphatic hydroxyl groups excluding tert-OH is 1. The number of aliphatic hydroxyl groups is 1. The van der Waals surface area contributed by atoms with Gasteiger partial charge < -0.3 is 69.2 Å². The Kier molecular flexibility index (Phi) is 21.7. The van der Waals surface area contributed by atoms with Crippen LogP contribution in [0.5, 0.6) is 5.75 Å². The highest BCUT2D eigenvalue weighted by Crippen LogP contribution is 2.31. The number of rotatable bonds is 27. The van der Waals surface area contributed by atoms with Crippen molar-refractivity contribution < 1.29 is 52.7 Å². The van der Waals surface area contributed by atoms with Crippen molar-refractivity contribution in [1.82, 2.24) is 40.4 Å². The SMILES string of the molecule is CNC(=O)COc1cc2cc(Nc3nc(N4CCC(OCCOCCOCCOCCOCC(=O)N[C@H](C(=O)N5C[C@H](O)C[C@H]5C(=O)NCc5ccc(-c6scnc6C)cc5)C(C)(C)C)CC4)ncc3Cl)ccc2n(C)c1=O. The molecular weight excluding hydrogens is 1050 g/mol. The van der Waals surface area contributed by atoms with Gasteiger partial charge in [0, 0.05) is 57.8 Å². The molecule has 422 valence electrons. The third-order valence-corrected chi connectivity index (χ3v) is 14.4. The van der Waals surface area contributed by atoms with Crippen molar-refractivity contribution in [3.05, 3.63) is 86.9 Å². The summed E-state index contributed by atoms with van der Waals surface area (Å²) in [5.74, 6) is -0.644. The first-order chi connectivity index (χ1) is 37.5. The first-order valence-electron chi connectivity index (χ1n) is 26.0. The number of carbonyl (C=O) groups is 4. The van der Waals surface area contributed by atoms with Crippen LogP contribution in [0.25, 0.3) is 21.3 Å². The van der Waals surface area contributed by atoms with Gasteiger partial charge in [0.15, 0.2) is 18.2 Å². The molecule has 2 aliphatic rings. The van der Waals surface area contributed by atoms with Crippen LogP contribution in [0.2, 0.25) is 5.02 Å². The molecule has 5 N–H and O–H groups in total. The fourth-order valence-corrected chi connectivity index (χ4v) is 9.84. The van der Waals surface area contributed by atoms with Crippen molar-refractivity contribution in [2.45, 2.75) is 77.8 Å². The number of amides is 4. The second kappa shape index (κ2) is 28.5. The van der Waals surface area contributed by atoms with Gasteiger partial charge in [0.2, 0.25) is 23.7 Å². The number of benzene rings is 2. The van der Waals surface area contributed by atoms with Crippen molar-refractivity contribution in [3.8, 4) is 16.2 Å². The number of hydrogen-bond acceptors (Lipinski definition) is 18.